The highest BCUT2D eigenvalue weighted by Crippen LogP contribution is 2.31. The molecule has 2 rings (SSSR count). The molecule has 86 valence electrons. The maximum absolute atomic E-state index is 11.5. The number of primary amides is 1. The number of pyridine rings is 1. The zero-order valence-corrected chi connectivity index (χ0v) is 10.5. The van der Waals surface area contributed by atoms with E-state index in [0.717, 1.165) is 35.5 Å². The number of hydrogen-bond acceptors (Lipinski definition) is 3. The molecule has 0 saturated heterocycles. The number of nitrogens with zero attached hydrogens (tertiary/aromatic N) is 1. The zero-order chi connectivity index (χ0) is 11.7. The number of carbonyl (C=O) groups is 1. The van der Waals surface area contributed by atoms with Gasteiger partial charge >= 0.3 is 0 Å². The van der Waals surface area contributed by atoms with Gasteiger partial charge in [0, 0.05) is 5.69 Å². The van der Waals surface area contributed by atoms with Crippen LogP contribution in [0, 0.1) is 6.92 Å². The Morgan fingerprint density at radius 3 is 2.50 bits per heavy atom. The second-order valence-electron chi connectivity index (χ2n) is 4.11. The minimum Gasteiger partial charge on any atom is -0.366 e. The van der Waals surface area contributed by atoms with Crippen molar-refractivity contribution >= 4 is 17.7 Å². The van der Waals surface area contributed by atoms with Crippen LogP contribution in [0.5, 0.6) is 0 Å². The average Bonchev–Trinajstić information content (AvgIpc) is 2.28. The summed E-state index contributed by atoms with van der Waals surface area (Å²) < 4.78 is 0. The van der Waals surface area contributed by atoms with Crippen LogP contribution < -0.4 is 5.73 Å². The summed E-state index contributed by atoms with van der Waals surface area (Å²) in [5, 5.41) is 0.783. The molecule has 3 nitrogen and oxygen atoms in total. The topological polar surface area (TPSA) is 56.0 Å². The summed E-state index contributed by atoms with van der Waals surface area (Å²) in [7, 11) is 0. The van der Waals surface area contributed by atoms with E-state index in [1.54, 1.807) is 0 Å². The summed E-state index contributed by atoms with van der Waals surface area (Å²) in [5.41, 5.74) is 9.59. The fraction of sp³-hybridized carbons (Fsp3) is 0.500. The Balaban J connectivity index is 2.68. The maximum atomic E-state index is 11.5. The van der Waals surface area contributed by atoms with Gasteiger partial charge in [0.05, 0.1) is 5.56 Å². The molecule has 0 bridgehead atoms. The molecule has 1 aliphatic rings. The van der Waals surface area contributed by atoms with Crippen LogP contribution in [0.15, 0.2) is 5.03 Å². The van der Waals surface area contributed by atoms with E-state index >= 15 is 0 Å². The molecule has 4 heteroatoms. The van der Waals surface area contributed by atoms with Crippen molar-refractivity contribution in [2.75, 3.05) is 6.26 Å². The molecule has 0 aliphatic heterocycles. The molecule has 1 aliphatic carbocycles. The van der Waals surface area contributed by atoms with Gasteiger partial charge in [0.15, 0.2) is 0 Å². The van der Waals surface area contributed by atoms with Crippen LogP contribution in [0.3, 0.4) is 0 Å². The number of nitrogens with two attached hydrogens (primary N) is 1. The van der Waals surface area contributed by atoms with Crippen LogP contribution in [-0.2, 0) is 12.8 Å². The van der Waals surface area contributed by atoms with Gasteiger partial charge in [-0.1, -0.05) is 0 Å². The summed E-state index contributed by atoms with van der Waals surface area (Å²) in [6, 6.07) is 0. The summed E-state index contributed by atoms with van der Waals surface area (Å²) in [6.45, 7) is 2.02. The highest BCUT2D eigenvalue weighted by molar-refractivity contribution is 7.98. The van der Waals surface area contributed by atoms with E-state index < -0.39 is 0 Å². The molecule has 1 amide bonds. The molecule has 0 spiro atoms. The second kappa shape index (κ2) is 4.45. The normalized spacial score (nSPS) is 14.6. The molecule has 0 fully saturated rings. The van der Waals surface area contributed by atoms with Crippen LogP contribution in [0.1, 0.15) is 40.0 Å². The first-order valence-electron chi connectivity index (χ1n) is 5.51. The fourth-order valence-corrected chi connectivity index (χ4v) is 3.04. The minimum atomic E-state index is -0.338. The van der Waals surface area contributed by atoms with Crippen LogP contribution >= 0.6 is 11.8 Å². The van der Waals surface area contributed by atoms with E-state index in [0.29, 0.717) is 5.56 Å². The first kappa shape index (κ1) is 11.5. The molecule has 0 saturated carbocycles. The molecule has 16 heavy (non-hydrogen) atoms. The molecule has 0 unspecified atom stereocenters. The molecule has 0 atom stereocenters. The molecule has 0 radical (unpaired) electrons. The number of carbonyl (C=O) groups excluding carboxylic acids is 1. The van der Waals surface area contributed by atoms with E-state index in [9.17, 15) is 4.79 Å². The maximum Gasteiger partial charge on any atom is 0.251 e. The summed E-state index contributed by atoms with van der Waals surface area (Å²) in [6.07, 6.45) is 6.26. The third-order valence-electron chi connectivity index (χ3n) is 3.13. The SMILES string of the molecule is CSc1nc(C)c2c(c1C(N)=O)CCCC2. The average molecular weight is 236 g/mol. The summed E-state index contributed by atoms with van der Waals surface area (Å²) in [4.78, 5) is 16.0. The van der Waals surface area contributed by atoms with Gasteiger partial charge in [0.1, 0.15) is 5.03 Å². The first-order valence-corrected chi connectivity index (χ1v) is 6.73. The standard InChI is InChI=1S/C12H16N2OS/c1-7-8-5-3-4-6-9(8)10(11(13)15)12(14-7)16-2/h3-6H2,1-2H3,(H2,13,15). The lowest BCUT2D eigenvalue weighted by molar-refractivity contribution is 0.0995. The Morgan fingerprint density at radius 1 is 1.31 bits per heavy atom. The number of aromatic nitrogens is 1. The first-order chi connectivity index (χ1) is 7.65. The predicted octanol–water partition coefficient (Wildman–Crippen LogP) is 2.09. The molecule has 1 heterocycles. The van der Waals surface area contributed by atoms with Gasteiger partial charge in [-0.25, -0.2) is 4.98 Å². The van der Waals surface area contributed by atoms with Crippen molar-refractivity contribution in [2.45, 2.75) is 37.6 Å². The lowest BCUT2D eigenvalue weighted by atomic mass is 9.88. The molecule has 0 aromatic carbocycles. The van der Waals surface area contributed by atoms with Crippen LogP contribution in [0.2, 0.25) is 0 Å². The number of hydrogen-bond donors (Lipinski definition) is 1. The van der Waals surface area contributed by atoms with Gasteiger partial charge in [-0.15, -0.1) is 11.8 Å². The molecular weight excluding hydrogens is 220 g/mol. The van der Waals surface area contributed by atoms with Gasteiger partial charge in [-0.3, -0.25) is 4.79 Å². The Kier molecular flexibility index (Phi) is 3.19. The van der Waals surface area contributed by atoms with E-state index in [2.05, 4.69) is 4.98 Å². The van der Waals surface area contributed by atoms with Crippen molar-refractivity contribution in [2.24, 2.45) is 5.73 Å². The monoisotopic (exact) mass is 236 g/mol. The smallest absolute Gasteiger partial charge is 0.251 e. The predicted molar refractivity (Wildman–Crippen MR) is 65.9 cm³/mol. The van der Waals surface area contributed by atoms with Gasteiger partial charge < -0.3 is 5.73 Å². The Labute approximate surface area is 99.8 Å². The van der Waals surface area contributed by atoms with Gasteiger partial charge in [0.2, 0.25) is 0 Å². The van der Waals surface area contributed by atoms with Crippen LogP contribution in [0.25, 0.3) is 0 Å². The highest BCUT2D eigenvalue weighted by atomic mass is 32.2. The van der Waals surface area contributed by atoms with Crippen molar-refractivity contribution in [3.05, 3.63) is 22.4 Å². The quantitative estimate of drug-likeness (QED) is 0.800. The van der Waals surface area contributed by atoms with Crippen LogP contribution in [-0.4, -0.2) is 17.1 Å². The van der Waals surface area contributed by atoms with Gasteiger partial charge in [-0.05, 0) is 50.0 Å². The Bertz CT molecular complexity index is 443. The van der Waals surface area contributed by atoms with Crippen molar-refractivity contribution < 1.29 is 4.79 Å². The van der Waals surface area contributed by atoms with Gasteiger partial charge in [0.25, 0.3) is 5.91 Å². The molecular formula is C12H16N2OS. The lowest BCUT2D eigenvalue weighted by Crippen LogP contribution is -2.20. The van der Waals surface area contributed by atoms with Crippen molar-refractivity contribution in [1.29, 1.82) is 0 Å². The zero-order valence-electron chi connectivity index (χ0n) is 9.67. The lowest BCUT2D eigenvalue weighted by Gasteiger charge is -2.21. The third-order valence-corrected chi connectivity index (χ3v) is 3.81. The highest BCUT2D eigenvalue weighted by Gasteiger charge is 2.22. The Morgan fingerprint density at radius 2 is 1.94 bits per heavy atom. The summed E-state index contributed by atoms with van der Waals surface area (Å²) in [5.74, 6) is -0.338. The molecule has 2 N–H and O–H groups in total. The number of fused-ring (bicyclic) bond motifs is 1. The van der Waals surface area contributed by atoms with E-state index in [1.165, 1.54) is 23.7 Å². The molecule has 1 aromatic heterocycles. The van der Waals surface area contributed by atoms with E-state index in [1.807, 2.05) is 13.2 Å². The Hall–Kier alpha value is -1.03. The number of thioether (sulfide) groups is 1. The summed E-state index contributed by atoms with van der Waals surface area (Å²) >= 11 is 1.50. The molecule has 1 aromatic rings. The van der Waals surface area contributed by atoms with Crippen LogP contribution in [0.4, 0.5) is 0 Å². The van der Waals surface area contributed by atoms with Crippen molar-refractivity contribution in [3.8, 4) is 0 Å². The van der Waals surface area contributed by atoms with Crippen molar-refractivity contribution in [1.82, 2.24) is 4.98 Å². The van der Waals surface area contributed by atoms with Gasteiger partial charge in [-0.2, -0.15) is 0 Å². The van der Waals surface area contributed by atoms with E-state index in [-0.39, 0.29) is 5.91 Å². The minimum absolute atomic E-state index is 0.338. The largest absolute Gasteiger partial charge is 0.366 e. The third kappa shape index (κ3) is 1.82. The number of aryl methyl sites for hydroxylation is 1. The van der Waals surface area contributed by atoms with Crippen molar-refractivity contribution in [3.63, 3.8) is 0 Å². The fourth-order valence-electron chi connectivity index (χ4n) is 2.39. The number of amides is 1. The second-order valence-corrected chi connectivity index (χ2v) is 4.90. The number of rotatable bonds is 2. The van der Waals surface area contributed by atoms with E-state index in [4.69, 9.17) is 5.73 Å².